The third-order valence-corrected chi connectivity index (χ3v) is 2.48. The van der Waals surface area contributed by atoms with E-state index >= 15 is 0 Å². The van der Waals surface area contributed by atoms with Gasteiger partial charge in [-0.3, -0.25) is 5.01 Å². The van der Waals surface area contributed by atoms with Crippen LogP contribution in [0.1, 0.15) is 12.2 Å². The van der Waals surface area contributed by atoms with Gasteiger partial charge in [-0.05, 0) is 12.1 Å². The second-order valence-corrected chi connectivity index (χ2v) is 3.54. The van der Waals surface area contributed by atoms with Crippen LogP contribution in [0.5, 0.6) is 0 Å². The van der Waals surface area contributed by atoms with Crippen molar-refractivity contribution in [3.8, 4) is 0 Å². The smallest absolute Gasteiger partial charge is 0.438 e. The van der Waals surface area contributed by atoms with E-state index in [1.54, 1.807) is 6.07 Å². The molecule has 7 heteroatoms. The van der Waals surface area contributed by atoms with E-state index in [0.717, 1.165) is 7.05 Å². The summed E-state index contributed by atoms with van der Waals surface area (Å²) in [5, 5.41) is 13.7. The molecule has 0 bridgehead atoms. The van der Waals surface area contributed by atoms with Crippen LogP contribution in [0, 0.1) is 0 Å². The van der Waals surface area contributed by atoms with Crippen molar-refractivity contribution in [2.75, 3.05) is 7.05 Å². The largest absolute Gasteiger partial charge is 0.463 e. The fourth-order valence-electron chi connectivity index (χ4n) is 1.51. The van der Waals surface area contributed by atoms with Crippen LogP contribution in [0.4, 0.5) is 13.2 Å². The summed E-state index contributed by atoms with van der Waals surface area (Å²) >= 11 is 0. The van der Waals surface area contributed by atoms with Crippen molar-refractivity contribution in [3.05, 3.63) is 24.2 Å². The molecule has 0 unspecified atom stereocenters. The summed E-state index contributed by atoms with van der Waals surface area (Å²) in [6.07, 6.45) is -4.07. The molecule has 1 aliphatic heterocycles. The summed E-state index contributed by atoms with van der Waals surface area (Å²) in [6.45, 7) is 0. The highest BCUT2D eigenvalue weighted by atomic mass is 19.4. The Morgan fingerprint density at radius 2 is 2.25 bits per heavy atom. The molecule has 0 radical (unpaired) electrons. The molecule has 1 N–H and O–H groups in total. The molecule has 0 aliphatic carbocycles. The van der Waals surface area contributed by atoms with Crippen molar-refractivity contribution in [1.82, 2.24) is 5.01 Å². The number of hydrogen-bond donors (Lipinski definition) is 1. The summed E-state index contributed by atoms with van der Waals surface area (Å²) in [5.74, 6) is 0.229. The average molecular weight is 234 g/mol. The van der Waals surface area contributed by atoms with Gasteiger partial charge in [0.25, 0.3) is 5.72 Å². The summed E-state index contributed by atoms with van der Waals surface area (Å²) in [4.78, 5) is 0. The van der Waals surface area contributed by atoms with Crippen LogP contribution in [0.3, 0.4) is 0 Å². The maximum absolute atomic E-state index is 12.6. The highest BCUT2D eigenvalue weighted by Crippen LogP contribution is 2.40. The topological polar surface area (TPSA) is 49.0 Å². The van der Waals surface area contributed by atoms with E-state index in [1.165, 1.54) is 12.3 Å². The van der Waals surface area contributed by atoms with E-state index in [0.29, 0.717) is 5.01 Å². The molecule has 2 rings (SSSR count). The summed E-state index contributed by atoms with van der Waals surface area (Å²) in [5.41, 5.74) is -2.87. The Morgan fingerprint density at radius 1 is 1.56 bits per heavy atom. The van der Waals surface area contributed by atoms with Gasteiger partial charge in [0.1, 0.15) is 11.5 Å². The van der Waals surface area contributed by atoms with Crippen molar-refractivity contribution < 1.29 is 22.7 Å². The second kappa shape index (κ2) is 3.24. The molecule has 0 fully saturated rings. The van der Waals surface area contributed by atoms with Gasteiger partial charge < -0.3 is 9.52 Å². The SMILES string of the molecule is CN1N=C(c2ccco2)C[C@@]1(O)C(F)(F)F. The van der Waals surface area contributed by atoms with Crippen LogP contribution < -0.4 is 0 Å². The van der Waals surface area contributed by atoms with E-state index in [4.69, 9.17) is 4.42 Å². The molecule has 88 valence electrons. The molecular weight excluding hydrogens is 225 g/mol. The fraction of sp³-hybridized carbons (Fsp3) is 0.444. The van der Waals surface area contributed by atoms with Crippen LogP contribution in [-0.4, -0.2) is 34.8 Å². The lowest BCUT2D eigenvalue weighted by Gasteiger charge is -2.31. The first-order chi connectivity index (χ1) is 7.34. The van der Waals surface area contributed by atoms with E-state index in [1.807, 2.05) is 0 Å². The lowest BCUT2D eigenvalue weighted by atomic mass is 10.1. The van der Waals surface area contributed by atoms with Gasteiger partial charge in [-0.25, -0.2) is 0 Å². The molecule has 0 spiro atoms. The molecule has 1 aromatic heterocycles. The Bertz CT molecular complexity index is 413. The van der Waals surface area contributed by atoms with Crippen LogP contribution in [0.25, 0.3) is 0 Å². The number of aliphatic hydroxyl groups is 1. The predicted molar refractivity (Wildman–Crippen MR) is 48.6 cm³/mol. The standard InChI is InChI=1S/C9H9F3N2O2/c1-14-8(15,9(10,11)12)5-6(13-14)7-3-2-4-16-7/h2-4,15H,5H2,1H3/t8-/m1/s1. The van der Waals surface area contributed by atoms with E-state index in [-0.39, 0.29) is 11.5 Å². The van der Waals surface area contributed by atoms with Crippen LogP contribution in [0.15, 0.2) is 27.9 Å². The van der Waals surface area contributed by atoms with Crippen molar-refractivity contribution in [1.29, 1.82) is 0 Å². The van der Waals surface area contributed by atoms with Crippen molar-refractivity contribution in [2.24, 2.45) is 5.10 Å². The maximum atomic E-state index is 12.6. The second-order valence-electron chi connectivity index (χ2n) is 3.54. The molecule has 1 atom stereocenters. The lowest BCUT2D eigenvalue weighted by molar-refractivity contribution is -0.303. The Balaban J connectivity index is 2.29. The number of halogens is 3. The molecule has 16 heavy (non-hydrogen) atoms. The van der Waals surface area contributed by atoms with Gasteiger partial charge in [0.05, 0.1) is 12.7 Å². The maximum Gasteiger partial charge on any atom is 0.438 e. The molecule has 0 saturated carbocycles. The Labute approximate surface area is 89.0 Å². The zero-order valence-electron chi connectivity index (χ0n) is 8.32. The Morgan fingerprint density at radius 3 is 2.69 bits per heavy atom. The first kappa shape index (κ1) is 11.0. The Kier molecular flexibility index (Phi) is 2.23. The van der Waals surface area contributed by atoms with Gasteiger partial charge in [0.15, 0.2) is 0 Å². The molecule has 1 aromatic rings. The number of rotatable bonds is 1. The zero-order chi connectivity index (χ0) is 12.0. The number of nitrogens with zero attached hydrogens (tertiary/aromatic N) is 2. The molecular formula is C9H9F3N2O2. The molecule has 0 amide bonds. The molecule has 0 saturated heterocycles. The van der Waals surface area contributed by atoms with Crippen molar-refractivity contribution >= 4 is 5.71 Å². The molecule has 1 aliphatic rings. The monoisotopic (exact) mass is 234 g/mol. The summed E-state index contributed by atoms with van der Waals surface area (Å²) in [6, 6.07) is 3.04. The predicted octanol–water partition coefficient (Wildman–Crippen LogP) is 1.57. The van der Waals surface area contributed by atoms with Gasteiger partial charge in [-0.2, -0.15) is 18.3 Å². The molecule has 2 heterocycles. The van der Waals surface area contributed by atoms with E-state index in [9.17, 15) is 18.3 Å². The van der Waals surface area contributed by atoms with E-state index < -0.39 is 18.3 Å². The van der Waals surface area contributed by atoms with Gasteiger partial charge in [0, 0.05) is 7.05 Å². The average Bonchev–Trinajstić information content (AvgIpc) is 2.74. The van der Waals surface area contributed by atoms with Crippen molar-refractivity contribution in [2.45, 2.75) is 18.3 Å². The number of alkyl halides is 3. The minimum Gasteiger partial charge on any atom is -0.463 e. The number of hydrazone groups is 1. The number of furan rings is 1. The normalized spacial score (nSPS) is 26.1. The van der Waals surface area contributed by atoms with Crippen LogP contribution >= 0.6 is 0 Å². The zero-order valence-corrected chi connectivity index (χ0v) is 8.32. The molecule has 4 nitrogen and oxygen atoms in total. The van der Waals surface area contributed by atoms with E-state index in [2.05, 4.69) is 5.10 Å². The van der Waals surface area contributed by atoms with Crippen LogP contribution in [-0.2, 0) is 0 Å². The van der Waals surface area contributed by atoms with Crippen molar-refractivity contribution in [3.63, 3.8) is 0 Å². The minimum atomic E-state index is -4.76. The first-order valence-corrected chi connectivity index (χ1v) is 4.49. The van der Waals surface area contributed by atoms with Gasteiger partial charge >= 0.3 is 6.18 Å². The van der Waals surface area contributed by atoms with Gasteiger partial charge in [-0.1, -0.05) is 0 Å². The first-order valence-electron chi connectivity index (χ1n) is 4.49. The quantitative estimate of drug-likeness (QED) is 0.802. The van der Waals surface area contributed by atoms with Crippen LogP contribution in [0.2, 0.25) is 0 Å². The Hall–Kier alpha value is -1.50. The number of hydrogen-bond acceptors (Lipinski definition) is 4. The highest BCUT2D eigenvalue weighted by Gasteiger charge is 2.60. The highest BCUT2D eigenvalue weighted by molar-refractivity contribution is 5.99. The summed E-state index contributed by atoms with van der Waals surface area (Å²) < 4.78 is 42.8. The summed E-state index contributed by atoms with van der Waals surface area (Å²) in [7, 11) is 1.07. The fourth-order valence-corrected chi connectivity index (χ4v) is 1.51. The molecule has 0 aromatic carbocycles. The van der Waals surface area contributed by atoms with Gasteiger partial charge in [-0.15, -0.1) is 0 Å². The van der Waals surface area contributed by atoms with Gasteiger partial charge in [0.2, 0.25) is 0 Å². The minimum absolute atomic E-state index is 0.0762. The third-order valence-electron chi connectivity index (χ3n) is 2.48. The third kappa shape index (κ3) is 1.47. The lowest BCUT2D eigenvalue weighted by Crippen LogP contribution is -2.53.